The van der Waals surface area contributed by atoms with Crippen LogP contribution in [0.25, 0.3) is 5.70 Å². The second kappa shape index (κ2) is 8.10. The van der Waals surface area contributed by atoms with Gasteiger partial charge in [-0.05, 0) is 55.7 Å². The monoisotopic (exact) mass is 406 g/mol. The van der Waals surface area contributed by atoms with E-state index in [-0.39, 0.29) is 17.0 Å². The van der Waals surface area contributed by atoms with Crippen LogP contribution in [0.1, 0.15) is 51.0 Å². The van der Waals surface area contributed by atoms with Crippen molar-refractivity contribution in [3.8, 4) is 6.07 Å². The third-order valence-electron chi connectivity index (χ3n) is 5.51. The molecule has 3 rings (SSSR count). The van der Waals surface area contributed by atoms with E-state index in [0.717, 1.165) is 22.3 Å². The number of rotatable bonds is 4. The maximum absolute atomic E-state index is 13.1. The molecule has 0 saturated carbocycles. The molecule has 0 unspecified atom stereocenters. The van der Waals surface area contributed by atoms with Gasteiger partial charge >= 0.3 is 0 Å². The van der Waals surface area contributed by atoms with Gasteiger partial charge in [0, 0.05) is 41.4 Å². The molecule has 1 heterocycles. The van der Waals surface area contributed by atoms with Gasteiger partial charge in [-0.15, -0.1) is 0 Å². The van der Waals surface area contributed by atoms with Gasteiger partial charge < -0.3 is 10.6 Å². The average Bonchev–Trinajstić information content (AvgIpc) is 2.66. The summed E-state index contributed by atoms with van der Waals surface area (Å²) in [4.78, 5) is 14.9. The number of hydrogen-bond donors (Lipinski definition) is 2. The van der Waals surface area contributed by atoms with Crippen LogP contribution in [0, 0.1) is 30.6 Å². The summed E-state index contributed by atoms with van der Waals surface area (Å²) in [6.07, 6.45) is 0. The molecule has 0 radical (unpaired) electrons. The molecular weight excluding hydrogens is 384 g/mol. The molecule has 1 saturated heterocycles. The lowest BCUT2D eigenvalue weighted by atomic mass is 9.89. The third-order valence-corrected chi connectivity index (χ3v) is 5.79. The molecule has 6 heteroatoms. The van der Waals surface area contributed by atoms with E-state index >= 15 is 0 Å². The summed E-state index contributed by atoms with van der Waals surface area (Å²) in [5.41, 5.74) is 12.1. The molecule has 1 fully saturated rings. The zero-order valence-electron chi connectivity index (χ0n) is 16.7. The average molecular weight is 407 g/mol. The number of nitrogens with two attached hydrogens (primary N) is 1. The van der Waals surface area contributed by atoms with Gasteiger partial charge in [0.05, 0.1) is 11.6 Å². The van der Waals surface area contributed by atoms with Gasteiger partial charge in [-0.2, -0.15) is 5.26 Å². The molecular formula is C23H23ClN4O. The number of aryl methyl sites for hydroxylation is 2. The maximum Gasteiger partial charge on any atom is 0.254 e. The van der Waals surface area contributed by atoms with Crippen LogP contribution in [-0.2, 0) is 0 Å². The van der Waals surface area contributed by atoms with E-state index in [4.69, 9.17) is 28.0 Å². The highest BCUT2D eigenvalue weighted by molar-refractivity contribution is 6.69. The molecule has 1 amide bonds. The summed E-state index contributed by atoms with van der Waals surface area (Å²) < 4.78 is 0. The number of carbonyl (C=O) groups is 1. The van der Waals surface area contributed by atoms with Gasteiger partial charge in [0.1, 0.15) is 5.17 Å². The van der Waals surface area contributed by atoms with Crippen molar-refractivity contribution >= 4 is 28.4 Å². The highest BCUT2D eigenvalue weighted by Crippen LogP contribution is 2.30. The molecule has 0 atom stereocenters. The summed E-state index contributed by atoms with van der Waals surface area (Å²) in [5.74, 6) is 0.251. The number of hydrogen-bond acceptors (Lipinski definition) is 4. The van der Waals surface area contributed by atoms with Crippen molar-refractivity contribution in [2.24, 2.45) is 5.73 Å². The molecule has 29 heavy (non-hydrogen) atoms. The number of nitriles is 1. The number of allylic oxidation sites excluding steroid dienone is 1. The molecule has 1 aliphatic rings. The second-order valence-electron chi connectivity index (χ2n) is 7.48. The Hall–Kier alpha value is -3.10. The summed E-state index contributed by atoms with van der Waals surface area (Å²) in [6.45, 7) is 6.83. The van der Waals surface area contributed by atoms with E-state index in [9.17, 15) is 4.79 Å². The van der Waals surface area contributed by atoms with Crippen molar-refractivity contribution in [2.75, 3.05) is 13.1 Å². The summed E-state index contributed by atoms with van der Waals surface area (Å²) >= 11 is 5.79. The van der Waals surface area contributed by atoms with Crippen molar-refractivity contribution in [1.82, 2.24) is 4.90 Å². The molecule has 2 aromatic carbocycles. The lowest BCUT2D eigenvalue weighted by Gasteiger charge is -2.40. The molecule has 0 bridgehead atoms. The number of nitrogens with zero attached hydrogens (tertiary/aromatic N) is 2. The van der Waals surface area contributed by atoms with Gasteiger partial charge in [-0.25, -0.2) is 0 Å². The molecule has 2 aromatic rings. The Morgan fingerprint density at radius 1 is 1.17 bits per heavy atom. The number of nitrogens with one attached hydrogen (secondary N) is 1. The van der Waals surface area contributed by atoms with Crippen LogP contribution in [-0.4, -0.2) is 29.1 Å². The van der Waals surface area contributed by atoms with E-state index in [2.05, 4.69) is 6.07 Å². The Balaban J connectivity index is 1.81. The predicted octanol–water partition coefficient (Wildman–Crippen LogP) is 4.32. The maximum atomic E-state index is 13.1. The Bertz CT molecular complexity index is 1060. The Labute approximate surface area is 175 Å². The van der Waals surface area contributed by atoms with Crippen molar-refractivity contribution in [1.29, 1.82) is 10.7 Å². The lowest BCUT2D eigenvalue weighted by Crippen LogP contribution is -2.48. The number of halogens is 1. The molecule has 0 aromatic heterocycles. The van der Waals surface area contributed by atoms with Crippen molar-refractivity contribution in [2.45, 2.75) is 26.7 Å². The van der Waals surface area contributed by atoms with E-state index in [1.165, 1.54) is 0 Å². The molecule has 1 aliphatic heterocycles. The quantitative estimate of drug-likeness (QED) is 0.740. The van der Waals surface area contributed by atoms with Crippen LogP contribution in [0.5, 0.6) is 0 Å². The standard InChI is InChI=1S/C23H23ClN4O/c1-13-8-14(2)20(9-19(13)21(26)15(3)22(24)27)23(29)28-11-18(12-28)17-6-4-16(10-25)5-7-17/h4-9,18,27H,11-12,26H2,1-3H3/b21-15-,27-22?. The predicted molar refractivity (Wildman–Crippen MR) is 116 cm³/mol. The number of benzene rings is 2. The number of likely N-dealkylation sites (tertiary alicyclic amines) is 1. The van der Waals surface area contributed by atoms with Crippen LogP contribution >= 0.6 is 11.6 Å². The molecule has 0 spiro atoms. The smallest absolute Gasteiger partial charge is 0.254 e. The zero-order chi connectivity index (χ0) is 21.3. The van der Waals surface area contributed by atoms with Crippen molar-refractivity contribution in [3.05, 3.63) is 75.4 Å². The Kier molecular flexibility index (Phi) is 5.76. The molecule has 3 N–H and O–H groups in total. The fraction of sp³-hybridized carbons (Fsp3) is 0.261. The normalized spacial score (nSPS) is 14.7. The summed E-state index contributed by atoms with van der Waals surface area (Å²) in [7, 11) is 0. The van der Waals surface area contributed by atoms with Crippen LogP contribution < -0.4 is 5.73 Å². The minimum absolute atomic E-state index is 0.0277. The largest absolute Gasteiger partial charge is 0.398 e. The van der Waals surface area contributed by atoms with Crippen LogP contribution in [0.3, 0.4) is 0 Å². The minimum atomic E-state index is -0.108. The van der Waals surface area contributed by atoms with Crippen molar-refractivity contribution in [3.63, 3.8) is 0 Å². The van der Waals surface area contributed by atoms with E-state index in [1.54, 1.807) is 13.0 Å². The van der Waals surface area contributed by atoms with Gasteiger partial charge in [0.15, 0.2) is 0 Å². The summed E-state index contributed by atoms with van der Waals surface area (Å²) in [6, 6.07) is 13.4. The third kappa shape index (κ3) is 4.03. The van der Waals surface area contributed by atoms with Crippen LogP contribution in [0.15, 0.2) is 42.0 Å². The van der Waals surface area contributed by atoms with E-state index in [0.29, 0.717) is 35.5 Å². The number of carbonyl (C=O) groups excluding carboxylic acids is 1. The van der Waals surface area contributed by atoms with Crippen LogP contribution in [0.4, 0.5) is 0 Å². The van der Waals surface area contributed by atoms with Crippen LogP contribution in [0.2, 0.25) is 0 Å². The molecule has 5 nitrogen and oxygen atoms in total. The molecule has 0 aliphatic carbocycles. The Morgan fingerprint density at radius 2 is 1.76 bits per heavy atom. The SMILES string of the molecule is C/C(C(=N)Cl)=C(/N)c1cc(C(=O)N2CC(c3ccc(C#N)cc3)C2)c(C)cc1C. The van der Waals surface area contributed by atoms with Gasteiger partial charge in [-0.1, -0.05) is 29.8 Å². The number of amides is 1. The van der Waals surface area contributed by atoms with E-state index in [1.807, 2.05) is 49.1 Å². The van der Waals surface area contributed by atoms with Crippen molar-refractivity contribution < 1.29 is 4.79 Å². The van der Waals surface area contributed by atoms with Gasteiger partial charge in [0.25, 0.3) is 5.91 Å². The first kappa shape index (κ1) is 20.6. The highest BCUT2D eigenvalue weighted by atomic mass is 35.5. The topological polar surface area (TPSA) is 94.0 Å². The summed E-state index contributed by atoms with van der Waals surface area (Å²) in [5, 5.41) is 16.4. The fourth-order valence-electron chi connectivity index (χ4n) is 3.55. The minimum Gasteiger partial charge on any atom is -0.398 e. The first-order chi connectivity index (χ1) is 13.7. The highest BCUT2D eigenvalue weighted by Gasteiger charge is 2.33. The first-order valence-corrected chi connectivity index (χ1v) is 9.72. The molecule has 148 valence electrons. The zero-order valence-corrected chi connectivity index (χ0v) is 17.5. The van der Waals surface area contributed by atoms with E-state index < -0.39 is 0 Å². The second-order valence-corrected chi connectivity index (χ2v) is 7.85. The first-order valence-electron chi connectivity index (χ1n) is 9.34. The van der Waals surface area contributed by atoms with Gasteiger partial charge in [0.2, 0.25) is 0 Å². The fourth-order valence-corrected chi connectivity index (χ4v) is 3.65. The van der Waals surface area contributed by atoms with Gasteiger partial charge in [-0.3, -0.25) is 10.2 Å². The lowest BCUT2D eigenvalue weighted by molar-refractivity contribution is 0.0601. The Morgan fingerprint density at radius 3 is 2.31 bits per heavy atom.